The molecule has 1 aliphatic rings. The standard InChI is InChI=1S/C14H26BN2O3/c1-13(2,18)14(3,4)20-15-11(9-16)10-17-12-7-5-6-8-19-12/h9-12,16,18H,5-8H2,1-4H3. The summed E-state index contributed by atoms with van der Waals surface area (Å²) in [6.07, 6.45) is 5.98. The van der Waals surface area contributed by atoms with E-state index in [4.69, 9.17) is 14.8 Å². The second-order valence-corrected chi connectivity index (χ2v) is 6.19. The van der Waals surface area contributed by atoms with Crippen molar-refractivity contribution in [3.05, 3.63) is 0 Å². The molecular formula is C14H26BN2O3. The first-order valence-electron chi connectivity index (χ1n) is 7.15. The van der Waals surface area contributed by atoms with E-state index in [-0.39, 0.29) is 12.0 Å². The Balaban J connectivity index is 2.47. The highest BCUT2D eigenvalue weighted by Crippen LogP contribution is 2.25. The van der Waals surface area contributed by atoms with Crippen molar-refractivity contribution >= 4 is 19.9 Å². The van der Waals surface area contributed by atoms with Crippen molar-refractivity contribution in [2.24, 2.45) is 4.99 Å². The maximum absolute atomic E-state index is 10.0. The smallest absolute Gasteiger partial charge is 0.308 e. The van der Waals surface area contributed by atoms with Gasteiger partial charge < -0.3 is 19.9 Å². The minimum absolute atomic E-state index is 0.0955. The van der Waals surface area contributed by atoms with E-state index in [1.807, 2.05) is 13.8 Å². The van der Waals surface area contributed by atoms with Gasteiger partial charge in [-0.3, -0.25) is 4.99 Å². The monoisotopic (exact) mass is 281 g/mol. The molecule has 1 saturated heterocycles. The zero-order valence-corrected chi connectivity index (χ0v) is 12.9. The number of rotatable bonds is 7. The van der Waals surface area contributed by atoms with Crippen LogP contribution < -0.4 is 0 Å². The second-order valence-electron chi connectivity index (χ2n) is 6.19. The molecule has 0 saturated carbocycles. The topological polar surface area (TPSA) is 74.9 Å². The molecule has 2 atom stereocenters. The van der Waals surface area contributed by atoms with Crippen molar-refractivity contribution < 1.29 is 14.5 Å². The highest BCUT2D eigenvalue weighted by atomic mass is 16.5. The lowest BCUT2D eigenvalue weighted by atomic mass is 9.78. The van der Waals surface area contributed by atoms with Crippen LogP contribution in [-0.2, 0) is 9.39 Å². The van der Waals surface area contributed by atoms with Crippen molar-refractivity contribution in [1.29, 1.82) is 5.41 Å². The Labute approximate surface area is 122 Å². The van der Waals surface area contributed by atoms with Crippen molar-refractivity contribution in [2.75, 3.05) is 6.61 Å². The molecule has 0 aromatic rings. The van der Waals surface area contributed by atoms with Crippen LogP contribution in [0.4, 0.5) is 0 Å². The van der Waals surface area contributed by atoms with Crippen LogP contribution in [0.3, 0.4) is 0 Å². The van der Waals surface area contributed by atoms with Gasteiger partial charge in [-0.1, -0.05) is 0 Å². The molecule has 0 aliphatic carbocycles. The third-order valence-electron chi connectivity index (χ3n) is 3.77. The van der Waals surface area contributed by atoms with Crippen molar-refractivity contribution in [1.82, 2.24) is 0 Å². The molecular weight excluding hydrogens is 255 g/mol. The van der Waals surface area contributed by atoms with Gasteiger partial charge in [0.05, 0.1) is 11.2 Å². The van der Waals surface area contributed by atoms with Crippen molar-refractivity contribution in [3.8, 4) is 0 Å². The van der Waals surface area contributed by atoms with Crippen LogP contribution in [0.2, 0.25) is 5.82 Å². The first-order chi connectivity index (χ1) is 9.26. The molecule has 113 valence electrons. The van der Waals surface area contributed by atoms with E-state index in [9.17, 15) is 5.11 Å². The Morgan fingerprint density at radius 3 is 2.60 bits per heavy atom. The summed E-state index contributed by atoms with van der Waals surface area (Å²) in [4.78, 5) is 4.34. The van der Waals surface area contributed by atoms with Crippen LogP contribution >= 0.6 is 0 Å². The Bertz CT molecular complexity index is 334. The van der Waals surface area contributed by atoms with Crippen LogP contribution in [0, 0.1) is 5.41 Å². The van der Waals surface area contributed by atoms with E-state index in [0.29, 0.717) is 0 Å². The predicted octanol–water partition coefficient (Wildman–Crippen LogP) is 2.21. The van der Waals surface area contributed by atoms with E-state index in [2.05, 4.69) is 4.99 Å². The lowest BCUT2D eigenvalue weighted by Gasteiger charge is -2.38. The average molecular weight is 281 g/mol. The Hall–Kier alpha value is -0.715. The normalized spacial score (nSPS) is 22.8. The summed E-state index contributed by atoms with van der Waals surface area (Å²) >= 11 is 0. The molecule has 0 spiro atoms. The van der Waals surface area contributed by atoms with Crippen LogP contribution in [0.15, 0.2) is 4.99 Å². The van der Waals surface area contributed by atoms with Gasteiger partial charge in [0, 0.05) is 18.6 Å². The minimum atomic E-state index is -0.973. The quantitative estimate of drug-likeness (QED) is 0.555. The zero-order valence-electron chi connectivity index (χ0n) is 12.9. The first-order valence-corrected chi connectivity index (χ1v) is 7.15. The summed E-state index contributed by atoms with van der Waals surface area (Å²) < 4.78 is 11.1. The lowest BCUT2D eigenvalue weighted by molar-refractivity contribution is -0.0903. The van der Waals surface area contributed by atoms with Gasteiger partial charge in [-0.05, 0) is 53.2 Å². The first kappa shape index (κ1) is 17.3. The molecule has 0 aromatic carbocycles. The lowest BCUT2D eigenvalue weighted by Crippen LogP contribution is -2.48. The molecule has 1 rings (SSSR count). The van der Waals surface area contributed by atoms with E-state index in [1.165, 1.54) is 13.7 Å². The van der Waals surface area contributed by atoms with E-state index < -0.39 is 11.2 Å². The van der Waals surface area contributed by atoms with Gasteiger partial charge in [0.15, 0.2) is 0 Å². The fourth-order valence-corrected chi connectivity index (χ4v) is 1.55. The molecule has 0 aromatic heterocycles. The Morgan fingerprint density at radius 2 is 2.10 bits per heavy atom. The number of nitrogens with zero attached hydrogens (tertiary/aromatic N) is 1. The van der Waals surface area contributed by atoms with Gasteiger partial charge in [-0.25, -0.2) is 0 Å². The summed E-state index contributed by atoms with van der Waals surface area (Å²) in [7, 11) is 1.54. The molecule has 1 fully saturated rings. The van der Waals surface area contributed by atoms with Gasteiger partial charge in [0.1, 0.15) is 6.23 Å². The highest BCUT2D eigenvalue weighted by molar-refractivity contribution is 6.42. The number of ether oxygens (including phenoxy) is 1. The zero-order chi connectivity index (χ0) is 15.2. The van der Waals surface area contributed by atoms with Crippen molar-refractivity contribution in [3.63, 3.8) is 0 Å². The van der Waals surface area contributed by atoms with E-state index in [0.717, 1.165) is 25.9 Å². The number of aliphatic hydroxyl groups is 1. The minimum Gasteiger partial charge on any atom is -0.432 e. The molecule has 5 nitrogen and oxygen atoms in total. The van der Waals surface area contributed by atoms with Crippen LogP contribution in [0.5, 0.6) is 0 Å². The van der Waals surface area contributed by atoms with Gasteiger partial charge >= 0.3 is 7.48 Å². The molecule has 1 radical (unpaired) electrons. The summed E-state index contributed by atoms with van der Waals surface area (Å²) in [6, 6.07) is 0. The third-order valence-corrected chi connectivity index (χ3v) is 3.77. The average Bonchev–Trinajstić information content (AvgIpc) is 2.39. The molecule has 6 heteroatoms. The summed E-state index contributed by atoms with van der Waals surface area (Å²) in [5.41, 5.74) is -1.71. The molecule has 0 bridgehead atoms. The SMILES string of the molecule is CC(C)(O)C(C)(C)O[B]C(C=N)C=NC1CCCCO1. The van der Waals surface area contributed by atoms with E-state index in [1.54, 1.807) is 20.1 Å². The largest absolute Gasteiger partial charge is 0.432 e. The third kappa shape index (κ3) is 5.35. The van der Waals surface area contributed by atoms with E-state index >= 15 is 0 Å². The van der Waals surface area contributed by atoms with Crippen LogP contribution in [-0.4, -0.2) is 49.1 Å². The molecule has 2 unspecified atom stereocenters. The number of nitrogens with one attached hydrogen (secondary N) is 1. The maximum Gasteiger partial charge on any atom is 0.308 e. The molecule has 1 heterocycles. The van der Waals surface area contributed by atoms with Gasteiger partial charge in [0.2, 0.25) is 0 Å². The molecule has 0 amide bonds. The van der Waals surface area contributed by atoms with Crippen molar-refractivity contribution in [2.45, 2.75) is 70.2 Å². The van der Waals surface area contributed by atoms with Gasteiger partial charge in [0.25, 0.3) is 0 Å². The highest BCUT2D eigenvalue weighted by Gasteiger charge is 2.36. The molecule has 2 N–H and O–H groups in total. The molecule has 20 heavy (non-hydrogen) atoms. The predicted molar refractivity (Wildman–Crippen MR) is 81.8 cm³/mol. The molecule has 1 aliphatic heterocycles. The van der Waals surface area contributed by atoms with Gasteiger partial charge in [-0.15, -0.1) is 0 Å². The van der Waals surface area contributed by atoms with Gasteiger partial charge in [-0.2, -0.15) is 0 Å². The van der Waals surface area contributed by atoms with Crippen LogP contribution in [0.1, 0.15) is 47.0 Å². The maximum atomic E-state index is 10.0. The number of hydrogen-bond acceptors (Lipinski definition) is 5. The summed E-state index contributed by atoms with van der Waals surface area (Å²) in [5.74, 6) is -0.317. The fraction of sp³-hybridized carbons (Fsp3) is 0.857. The summed E-state index contributed by atoms with van der Waals surface area (Å²) in [5, 5.41) is 17.4. The number of aliphatic imine (C=N–C) groups is 1. The number of hydrogen-bond donors (Lipinski definition) is 2. The Kier molecular flexibility index (Phi) is 6.36. The summed E-state index contributed by atoms with van der Waals surface area (Å²) in [6.45, 7) is 7.77. The fourth-order valence-electron chi connectivity index (χ4n) is 1.55. The Morgan fingerprint density at radius 1 is 1.40 bits per heavy atom. The van der Waals surface area contributed by atoms with Crippen LogP contribution in [0.25, 0.3) is 0 Å². The second kappa shape index (κ2) is 7.34.